The van der Waals surface area contributed by atoms with Crippen molar-refractivity contribution in [1.29, 1.82) is 0 Å². The first kappa shape index (κ1) is 21.6. The van der Waals surface area contributed by atoms with E-state index in [0.29, 0.717) is 25.3 Å². The van der Waals surface area contributed by atoms with E-state index >= 15 is 0 Å². The molecule has 1 heterocycles. The number of rotatable bonds is 8. The third-order valence-electron chi connectivity index (χ3n) is 3.80. The van der Waals surface area contributed by atoms with E-state index in [4.69, 9.17) is 9.47 Å². The van der Waals surface area contributed by atoms with Gasteiger partial charge in [-0.05, 0) is 18.6 Å². The second kappa shape index (κ2) is 9.01. The average Bonchev–Trinajstić information content (AvgIpc) is 2.56. The first-order valence-corrected chi connectivity index (χ1v) is 8.43. The summed E-state index contributed by atoms with van der Waals surface area (Å²) in [7, 11) is 0. The normalized spacial score (nSPS) is 21.1. The molecule has 0 unspecified atom stereocenters. The second-order valence-electron chi connectivity index (χ2n) is 6.17. The SMILES string of the molecule is CCCC1COC(CCC(F)(F)Oc2ccc(OC(F)(F)F)c(F)c2)OC1. The van der Waals surface area contributed by atoms with Crippen molar-refractivity contribution in [2.75, 3.05) is 13.2 Å². The second-order valence-corrected chi connectivity index (χ2v) is 6.17. The lowest BCUT2D eigenvalue weighted by Gasteiger charge is -2.30. The van der Waals surface area contributed by atoms with Crippen molar-refractivity contribution in [2.24, 2.45) is 5.92 Å². The first-order chi connectivity index (χ1) is 12.6. The Kier molecular flexibility index (Phi) is 7.21. The highest BCUT2D eigenvalue weighted by atomic mass is 19.4. The molecular formula is C17H20F6O4. The van der Waals surface area contributed by atoms with Gasteiger partial charge in [-0.15, -0.1) is 13.2 Å². The van der Waals surface area contributed by atoms with Crippen LogP contribution < -0.4 is 9.47 Å². The van der Waals surface area contributed by atoms with Crippen molar-refractivity contribution in [3.8, 4) is 11.5 Å². The summed E-state index contributed by atoms with van der Waals surface area (Å²) in [6, 6.07) is 1.73. The van der Waals surface area contributed by atoms with Gasteiger partial charge in [0, 0.05) is 18.4 Å². The predicted molar refractivity (Wildman–Crippen MR) is 82.0 cm³/mol. The Balaban J connectivity index is 1.84. The molecule has 0 radical (unpaired) electrons. The number of alkyl halides is 5. The van der Waals surface area contributed by atoms with Crippen molar-refractivity contribution < 1.29 is 45.3 Å². The van der Waals surface area contributed by atoms with Crippen LogP contribution in [0, 0.1) is 11.7 Å². The van der Waals surface area contributed by atoms with E-state index in [9.17, 15) is 26.3 Å². The lowest BCUT2D eigenvalue weighted by Crippen LogP contribution is -2.34. The molecule has 0 amide bonds. The molecule has 0 aromatic heterocycles. The highest BCUT2D eigenvalue weighted by Gasteiger charge is 2.35. The smallest absolute Gasteiger partial charge is 0.432 e. The highest BCUT2D eigenvalue weighted by Crippen LogP contribution is 2.32. The monoisotopic (exact) mass is 402 g/mol. The number of benzene rings is 1. The van der Waals surface area contributed by atoms with Crippen molar-refractivity contribution in [3.05, 3.63) is 24.0 Å². The van der Waals surface area contributed by atoms with Gasteiger partial charge < -0.3 is 18.9 Å². The van der Waals surface area contributed by atoms with Gasteiger partial charge in [0.05, 0.1) is 19.6 Å². The molecule has 0 atom stereocenters. The van der Waals surface area contributed by atoms with Gasteiger partial charge in [-0.2, -0.15) is 8.78 Å². The fourth-order valence-electron chi connectivity index (χ4n) is 2.59. The van der Waals surface area contributed by atoms with Crippen LogP contribution in [0.2, 0.25) is 0 Å². The van der Waals surface area contributed by atoms with E-state index in [2.05, 4.69) is 9.47 Å². The van der Waals surface area contributed by atoms with Gasteiger partial charge in [-0.3, -0.25) is 0 Å². The summed E-state index contributed by atoms with van der Waals surface area (Å²) in [5.41, 5.74) is 0. The summed E-state index contributed by atoms with van der Waals surface area (Å²) < 4.78 is 96.1. The molecule has 0 bridgehead atoms. The fraction of sp³-hybridized carbons (Fsp3) is 0.647. The molecule has 154 valence electrons. The maximum absolute atomic E-state index is 13.9. The third kappa shape index (κ3) is 7.45. The minimum absolute atomic E-state index is 0.149. The fourth-order valence-corrected chi connectivity index (χ4v) is 2.59. The molecule has 1 aromatic carbocycles. The maximum Gasteiger partial charge on any atom is 0.573 e. The molecule has 0 spiro atoms. The molecular weight excluding hydrogens is 382 g/mol. The van der Waals surface area contributed by atoms with E-state index in [1.807, 2.05) is 6.92 Å². The molecule has 27 heavy (non-hydrogen) atoms. The topological polar surface area (TPSA) is 36.9 Å². The quantitative estimate of drug-likeness (QED) is 0.556. The zero-order chi connectivity index (χ0) is 20.1. The van der Waals surface area contributed by atoms with Gasteiger partial charge >= 0.3 is 12.5 Å². The van der Waals surface area contributed by atoms with Gasteiger partial charge in [0.15, 0.2) is 17.9 Å². The minimum atomic E-state index is -5.09. The van der Waals surface area contributed by atoms with E-state index in [0.717, 1.165) is 18.9 Å². The number of ether oxygens (including phenoxy) is 4. The largest absolute Gasteiger partial charge is 0.573 e. The minimum Gasteiger partial charge on any atom is -0.432 e. The van der Waals surface area contributed by atoms with Crippen LogP contribution in [0.4, 0.5) is 26.3 Å². The van der Waals surface area contributed by atoms with Crippen LogP contribution in [-0.2, 0) is 9.47 Å². The molecule has 0 aliphatic carbocycles. The molecule has 1 aliphatic rings. The van der Waals surface area contributed by atoms with Gasteiger partial charge in [-0.1, -0.05) is 13.3 Å². The number of hydrogen-bond donors (Lipinski definition) is 0. The molecule has 2 rings (SSSR count). The highest BCUT2D eigenvalue weighted by molar-refractivity contribution is 5.33. The molecule has 1 aliphatic heterocycles. The average molecular weight is 402 g/mol. The molecule has 0 saturated carbocycles. The van der Waals surface area contributed by atoms with Crippen LogP contribution in [-0.4, -0.2) is 32.0 Å². The van der Waals surface area contributed by atoms with Crippen molar-refractivity contribution in [1.82, 2.24) is 0 Å². The van der Waals surface area contributed by atoms with Crippen LogP contribution in [0.1, 0.15) is 32.6 Å². The van der Waals surface area contributed by atoms with Gasteiger partial charge in [0.25, 0.3) is 0 Å². The van der Waals surface area contributed by atoms with Gasteiger partial charge in [0.1, 0.15) is 5.75 Å². The van der Waals surface area contributed by atoms with Gasteiger partial charge in [0.2, 0.25) is 0 Å². The van der Waals surface area contributed by atoms with E-state index in [1.165, 1.54) is 0 Å². The zero-order valence-electron chi connectivity index (χ0n) is 14.5. The summed E-state index contributed by atoms with van der Waals surface area (Å²) in [6.45, 7) is 2.88. The molecule has 4 nitrogen and oxygen atoms in total. The number of halogens is 6. The molecule has 1 aromatic rings. The zero-order valence-corrected chi connectivity index (χ0v) is 14.5. The first-order valence-electron chi connectivity index (χ1n) is 8.43. The van der Waals surface area contributed by atoms with E-state index in [1.54, 1.807) is 0 Å². The molecule has 1 fully saturated rings. The summed E-state index contributed by atoms with van der Waals surface area (Å²) in [5.74, 6) is -2.99. The lowest BCUT2D eigenvalue weighted by atomic mass is 10.1. The molecule has 1 saturated heterocycles. The Hall–Kier alpha value is -1.68. The van der Waals surface area contributed by atoms with Crippen molar-refractivity contribution >= 4 is 0 Å². The summed E-state index contributed by atoms with van der Waals surface area (Å²) in [6.07, 6.45) is -8.58. The summed E-state index contributed by atoms with van der Waals surface area (Å²) >= 11 is 0. The van der Waals surface area contributed by atoms with Crippen LogP contribution in [0.25, 0.3) is 0 Å². The lowest BCUT2D eigenvalue weighted by molar-refractivity contribution is -0.275. The Morgan fingerprint density at radius 1 is 1.04 bits per heavy atom. The van der Waals surface area contributed by atoms with Crippen LogP contribution in [0.5, 0.6) is 11.5 Å². The standard InChI is InChI=1S/C17H20F6O4/c1-2-3-11-9-24-15(25-10-11)6-7-16(19,20)26-12-4-5-14(13(18)8-12)27-17(21,22)23/h4-5,8,11,15H,2-3,6-7,9-10H2,1H3. The Labute approximate surface area is 152 Å². The number of hydrogen-bond acceptors (Lipinski definition) is 4. The Bertz CT molecular complexity index is 600. The van der Waals surface area contributed by atoms with Crippen molar-refractivity contribution in [2.45, 2.75) is 51.4 Å². The molecule has 10 heteroatoms. The van der Waals surface area contributed by atoms with Crippen LogP contribution in [0.15, 0.2) is 18.2 Å². The predicted octanol–water partition coefficient (Wildman–Crippen LogP) is 5.27. The van der Waals surface area contributed by atoms with Crippen molar-refractivity contribution in [3.63, 3.8) is 0 Å². The Morgan fingerprint density at radius 3 is 2.26 bits per heavy atom. The van der Waals surface area contributed by atoms with Gasteiger partial charge in [-0.25, -0.2) is 4.39 Å². The summed E-state index contributed by atoms with van der Waals surface area (Å²) in [4.78, 5) is 0. The van der Waals surface area contributed by atoms with E-state index in [-0.39, 0.29) is 12.3 Å². The van der Waals surface area contributed by atoms with Crippen LogP contribution in [0.3, 0.4) is 0 Å². The Morgan fingerprint density at radius 2 is 1.70 bits per heavy atom. The summed E-state index contributed by atoms with van der Waals surface area (Å²) in [5, 5.41) is 0. The maximum atomic E-state index is 13.9. The van der Waals surface area contributed by atoms with E-state index < -0.39 is 42.5 Å². The van der Waals surface area contributed by atoms with Crippen LogP contribution >= 0.6 is 0 Å². The third-order valence-corrected chi connectivity index (χ3v) is 3.80. The molecule has 0 N–H and O–H groups in total.